The van der Waals surface area contributed by atoms with E-state index in [-0.39, 0.29) is 30.3 Å². The van der Waals surface area contributed by atoms with Crippen LogP contribution in [0, 0.1) is 6.92 Å². The fourth-order valence-electron chi connectivity index (χ4n) is 2.61. The first-order valence-corrected chi connectivity index (χ1v) is 7.41. The van der Waals surface area contributed by atoms with Gasteiger partial charge in [0.2, 0.25) is 5.91 Å². The lowest BCUT2D eigenvalue weighted by atomic mass is 10.0. The van der Waals surface area contributed by atoms with E-state index in [4.69, 9.17) is 5.73 Å². The third-order valence-electron chi connectivity index (χ3n) is 3.72. The van der Waals surface area contributed by atoms with Crippen molar-refractivity contribution in [2.24, 2.45) is 5.73 Å². The molecule has 1 aliphatic heterocycles. The summed E-state index contributed by atoms with van der Waals surface area (Å²) >= 11 is 0. The van der Waals surface area contributed by atoms with Crippen LogP contribution in [-0.2, 0) is 4.79 Å². The average molecular weight is 330 g/mol. The van der Waals surface area contributed by atoms with E-state index in [2.05, 4.69) is 15.5 Å². The molecule has 124 valence electrons. The number of nitrogens with zero attached hydrogens (tertiary/aromatic N) is 2. The van der Waals surface area contributed by atoms with Gasteiger partial charge in [0.25, 0.3) is 5.91 Å². The van der Waals surface area contributed by atoms with Gasteiger partial charge in [0.15, 0.2) is 0 Å². The van der Waals surface area contributed by atoms with Gasteiger partial charge in [-0.05, 0) is 32.3 Å². The van der Waals surface area contributed by atoms with Crippen LogP contribution in [0.25, 0.3) is 0 Å². The molecular weight excluding hydrogens is 306 g/mol. The Morgan fingerprint density at radius 3 is 2.91 bits per heavy atom. The van der Waals surface area contributed by atoms with E-state index < -0.39 is 0 Å². The van der Waals surface area contributed by atoms with Crippen molar-refractivity contribution >= 4 is 24.2 Å². The van der Waals surface area contributed by atoms with Crippen LogP contribution in [-0.4, -0.2) is 52.6 Å². The molecule has 0 radical (unpaired) electrons. The fraction of sp³-hybridized carbons (Fsp3) is 0.643. The fourth-order valence-corrected chi connectivity index (χ4v) is 2.61. The highest BCUT2D eigenvalue weighted by molar-refractivity contribution is 5.92. The number of aromatic amines is 1. The van der Waals surface area contributed by atoms with Crippen LogP contribution in [0.3, 0.4) is 0 Å². The van der Waals surface area contributed by atoms with Gasteiger partial charge in [-0.2, -0.15) is 5.10 Å². The van der Waals surface area contributed by atoms with Crippen molar-refractivity contribution < 1.29 is 9.59 Å². The normalized spacial score (nSPS) is 17.7. The number of halogens is 1. The van der Waals surface area contributed by atoms with Crippen LogP contribution in [0.4, 0.5) is 0 Å². The number of carbonyl (C=O) groups is 2. The third kappa shape index (κ3) is 4.71. The highest BCUT2D eigenvalue weighted by Gasteiger charge is 2.28. The molecule has 1 atom stereocenters. The minimum absolute atomic E-state index is 0. The molecule has 22 heavy (non-hydrogen) atoms. The van der Waals surface area contributed by atoms with Gasteiger partial charge in [-0.25, -0.2) is 0 Å². The van der Waals surface area contributed by atoms with Gasteiger partial charge in [0.05, 0.1) is 0 Å². The van der Waals surface area contributed by atoms with Gasteiger partial charge >= 0.3 is 0 Å². The molecule has 0 bridgehead atoms. The van der Waals surface area contributed by atoms with Crippen molar-refractivity contribution in [2.75, 3.05) is 19.6 Å². The van der Waals surface area contributed by atoms with E-state index in [9.17, 15) is 9.59 Å². The molecule has 1 saturated heterocycles. The zero-order valence-corrected chi connectivity index (χ0v) is 13.6. The molecule has 0 saturated carbocycles. The minimum atomic E-state index is -0.0721. The molecular formula is C14H24ClN5O2. The van der Waals surface area contributed by atoms with Gasteiger partial charge in [0.1, 0.15) is 5.69 Å². The topological polar surface area (TPSA) is 104 Å². The number of carbonyl (C=O) groups excluding carboxylic acids is 2. The summed E-state index contributed by atoms with van der Waals surface area (Å²) in [5, 5.41) is 9.67. The Morgan fingerprint density at radius 2 is 2.27 bits per heavy atom. The van der Waals surface area contributed by atoms with E-state index in [0.717, 1.165) is 25.0 Å². The lowest BCUT2D eigenvalue weighted by Crippen LogP contribution is -2.49. The number of hydrogen-bond acceptors (Lipinski definition) is 4. The number of amides is 2. The number of nitrogens with two attached hydrogens (primary N) is 1. The van der Waals surface area contributed by atoms with E-state index in [1.54, 1.807) is 6.07 Å². The van der Waals surface area contributed by atoms with E-state index in [1.807, 2.05) is 11.8 Å². The molecule has 1 aliphatic rings. The summed E-state index contributed by atoms with van der Waals surface area (Å²) in [5.41, 5.74) is 6.66. The molecule has 1 fully saturated rings. The summed E-state index contributed by atoms with van der Waals surface area (Å²) in [6, 6.07) is 1.78. The van der Waals surface area contributed by atoms with Gasteiger partial charge < -0.3 is 16.0 Å². The van der Waals surface area contributed by atoms with Crippen molar-refractivity contribution in [1.29, 1.82) is 0 Å². The second-order valence-corrected chi connectivity index (χ2v) is 5.43. The van der Waals surface area contributed by atoms with Crippen molar-refractivity contribution in [1.82, 2.24) is 20.4 Å². The van der Waals surface area contributed by atoms with Crippen LogP contribution < -0.4 is 11.1 Å². The number of aryl methyl sites for hydroxylation is 1. The Balaban J connectivity index is 0.00000242. The molecule has 1 aromatic rings. The van der Waals surface area contributed by atoms with E-state index in [1.165, 1.54) is 0 Å². The van der Waals surface area contributed by atoms with Crippen LogP contribution in [0.1, 0.15) is 41.9 Å². The lowest BCUT2D eigenvalue weighted by molar-refractivity contribution is -0.121. The zero-order chi connectivity index (χ0) is 15.2. The Labute approximate surface area is 136 Å². The third-order valence-corrected chi connectivity index (χ3v) is 3.72. The molecule has 4 N–H and O–H groups in total. The highest BCUT2D eigenvalue weighted by atomic mass is 35.5. The predicted octanol–water partition coefficient (Wildman–Crippen LogP) is 0.600. The number of nitrogens with one attached hydrogen (secondary N) is 2. The summed E-state index contributed by atoms with van der Waals surface area (Å²) in [4.78, 5) is 25.8. The predicted molar refractivity (Wildman–Crippen MR) is 85.9 cm³/mol. The van der Waals surface area contributed by atoms with E-state index in [0.29, 0.717) is 31.7 Å². The maximum Gasteiger partial charge on any atom is 0.274 e. The molecule has 2 amide bonds. The number of piperidine rings is 1. The Bertz CT molecular complexity index is 505. The minimum Gasteiger partial charge on any atom is -0.354 e. The molecule has 8 heteroatoms. The smallest absolute Gasteiger partial charge is 0.274 e. The van der Waals surface area contributed by atoms with Crippen molar-refractivity contribution in [3.05, 3.63) is 17.5 Å². The van der Waals surface area contributed by atoms with Gasteiger partial charge in [-0.1, -0.05) is 0 Å². The molecule has 0 spiro atoms. The van der Waals surface area contributed by atoms with E-state index >= 15 is 0 Å². The largest absolute Gasteiger partial charge is 0.354 e. The molecule has 1 unspecified atom stereocenters. The van der Waals surface area contributed by atoms with Gasteiger partial charge in [0, 0.05) is 37.8 Å². The molecule has 0 aromatic carbocycles. The Hall–Kier alpha value is -1.60. The first-order valence-electron chi connectivity index (χ1n) is 7.41. The first kappa shape index (κ1) is 18.4. The van der Waals surface area contributed by atoms with Crippen LogP contribution in [0.15, 0.2) is 6.07 Å². The number of aromatic nitrogens is 2. The second kappa shape index (κ2) is 8.75. The number of likely N-dealkylation sites (tertiary alicyclic amines) is 1. The molecule has 7 nitrogen and oxygen atoms in total. The summed E-state index contributed by atoms with van der Waals surface area (Å²) in [6.45, 7) is 3.40. The van der Waals surface area contributed by atoms with Gasteiger partial charge in [-0.15, -0.1) is 12.4 Å². The molecule has 0 aliphatic carbocycles. The summed E-state index contributed by atoms with van der Waals surface area (Å²) in [5.74, 6) is -0.136. The molecule has 2 rings (SSSR count). The Kier molecular flexibility index (Phi) is 7.34. The standard InChI is InChI=1S/C14H23N5O2.ClH/c1-10-8-12(18-17-10)14(21)19-7-3-2-4-11(19)9-16-13(20)5-6-15;/h8,11H,2-7,9,15H2,1H3,(H,16,20)(H,17,18);1H. The monoisotopic (exact) mass is 329 g/mol. The van der Waals surface area contributed by atoms with Crippen molar-refractivity contribution in [3.63, 3.8) is 0 Å². The average Bonchev–Trinajstić information content (AvgIpc) is 2.91. The van der Waals surface area contributed by atoms with Crippen molar-refractivity contribution in [2.45, 2.75) is 38.6 Å². The Morgan fingerprint density at radius 1 is 1.50 bits per heavy atom. The SMILES string of the molecule is Cc1cc(C(=O)N2CCCCC2CNC(=O)CCN)n[nH]1.Cl. The van der Waals surface area contributed by atoms with Crippen molar-refractivity contribution in [3.8, 4) is 0 Å². The second-order valence-electron chi connectivity index (χ2n) is 5.43. The number of H-pyrrole nitrogens is 1. The maximum absolute atomic E-state index is 12.5. The molecule has 1 aromatic heterocycles. The quantitative estimate of drug-likeness (QED) is 0.735. The van der Waals surface area contributed by atoms with Gasteiger partial charge in [-0.3, -0.25) is 14.7 Å². The number of hydrogen-bond donors (Lipinski definition) is 3. The number of rotatable bonds is 5. The maximum atomic E-state index is 12.5. The lowest BCUT2D eigenvalue weighted by Gasteiger charge is -2.35. The summed E-state index contributed by atoms with van der Waals surface area (Å²) in [6.07, 6.45) is 3.28. The summed E-state index contributed by atoms with van der Waals surface area (Å²) in [7, 11) is 0. The highest BCUT2D eigenvalue weighted by Crippen LogP contribution is 2.19. The summed E-state index contributed by atoms with van der Waals surface area (Å²) < 4.78 is 0. The van der Waals surface area contributed by atoms with Crippen LogP contribution >= 0.6 is 12.4 Å². The molecule has 2 heterocycles. The van der Waals surface area contributed by atoms with Crippen LogP contribution in [0.5, 0.6) is 0 Å². The first-order chi connectivity index (χ1) is 10.1. The zero-order valence-electron chi connectivity index (χ0n) is 12.8. The van der Waals surface area contributed by atoms with Crippen LogP contribution in [0.2, 0.25) is 0 Å².